The average molecular weight is 368 g/mol. The standard InChI is InChI=1S/C16H19BrFN3O/c1-10(5-6-12-4-3-7-21(12)2)20-14-9-11(17)8-13(18)15(14)16(19)22/h3-4,7-10,20H,5-6H2,1-2H3,(H2,19,22). The van der Waals surface area contributed by atoms with Gasteiger partial charge in [-0.3, -0.25) is 4.79 Å². The summed E-state index contributed by atoms with van der Waals surface area (Å²) in [6.45, 7) is 1.99. The molecule has 6 heteroatoms. The van der Waals surface area contributed by atoms with Gasteiger partial charge >= 0.3 is 0 Å². The minimum Gasteiger partial charge on any atom is -0.382 e. The lowest BCUT2D eigenvalue weighted by molar-refractivity contribution is 0.0997. The lowest BCUT2D eigenvalue weighted by Crippen LogP contribution is -2.22. The van der Waals surface area contributed by atoms with E-state index in [-0.39, 0.29) is 11.6 Å². The molecular weight excluding hydrogens is 349 g/mol. The number of aryl methyl sites for hydroxylation is 2. The molecule has 0 aliphatic rings. The summed E-state index contributed by atoms with van der Waals surface area (Å²) in [7, 11) is 2.00. The van der Waals surface area contributed by atoms with Crippen molar-refractivity contribution in [3.63, 3.8) is 0 Å². The van der Waals surface area contributed by atoms with E-state index in [0.29, 0.717) is 10.2 Å². The molecule has 1 unspecified atom stereocenters. The Hall–Kier alpha value is -1.82. The molecule has 1 amide bonds. The maximum absolute atomic E-state index is 13.9. The molecule has 2 aromatic rings. The van der Waals surface area contributed by atoms with Gasteiger partial charge in [-0.1, -0.05) is 15.9 Å². The van der Waals surface area contributed by atoms with Gasteiger partial charge in [0.05, 0.1) is 11.3 Å². The third kappa shape index (κ3) is 3.88. The zero-order valence-electron chi connectivity index (χ0n) is 12.6. The monoisotopic (exact) mass is 367 g/mol. The van der Waals surface area contributed by atoms with E-state index in [1.165, 1.54) is 11.8 Å². The number of aromatic nitrogens is 1. The quantitative estimate of drug-likeness (QED) is 0.821. The summed E-state index contributed by atoms with van der Waals surface area (Å²) in [5, 5.41) is 3.18. The van der Waals surface area contributed by atoms with Crippen molar-refractivity contribution in [1.82, 2.24) is 4.57 Å². The number of hydrogen-bond donors (Lipinski definition) is 2. The van der Waals surface area contributed by atoms with Gasteiger partial charge in [0.15, 0.2) is 0 Å². The second-order valence-corrected chi connectivity index (χ2v) is 6.28. The Morgan fingerprint density at radius 3 is 2.82 bits per heavy atom. The lowest BCUT2D eigenvalue weighted by Gasteiger charge is -2.18. The molecular formula is C16H19BrFN3O. The number of rotatable bonds is 6. The fourth-order valence-electron chi connectivity index (χ4n) is 2.40. The first-order valence-corrected chi connectivity index (χ1v) is 7.83. The summed E-state index contributed by atoms with van der Waals surface area (Å²) in [5.74, 6) is -1.40. The smallest absolute Gasteiger partial charge is 0.253 e. The Morgan fingerprint density at radius 2 is 2.23 bits per heavy atom. The van der Waals surface area contributed by atoms with Gasteiger partial charge in [-0.2, -0.15) is 0 Å². The predicted octanol–water partition coefficient (Wildman–Crippen LogP) is 3.46. The Bertz CT molecular complexity index is 684. The summed E-state index contributed by atoms with van der Waals surface area (Å²) in [6, 6.07) is 7.05. The third-order valence-electron chi connectivity index (χ3n) is 3.59. The van der Waals surface area contributed by atoms with Crippen LogP contribution in [0.15, 0.2) is 34.9 Å². The van der Waals surface area contributed by atoms with Gasteiger partial charge < -0.3 is 15.6 Å². The summed E-state index contributed by atoms with van der Waals surface area (Å²) in [5.41, 5.74) is 6.81. The van der Waals surface area contributed by atoms with Crippen LogP contribution in [-0.2, 0) is 13.5 Å². The first-order chi connectivity index (χ1) is 10.4. The van der Waals surface area contributed by atoms with Crippen LogP contribution in [0.25, 0.3) is 0 Å². The Kier molecular flexibility index (Phi) is 5.24. The molecule has 3 N–H and O–H groups in total. The van der Waals surface area contributed by atoms with Crippen LogP contribution in [0, 0.1) is 5.82 Å². The molecule has 0 aliphatic carbocycles. The summed E-state index contributed by atoms with van der Waals surface area (Å²) in [4.78, 5) is 11.4. The van der Waals surface area contributed by atoms with Crippen molar-refractivity contribution in [2.75, 3.05) is 5.32 Å². The van der Waals surface area contributed by atoms with E-state index >= 15 is 0 Å². The first-order valence-electron chi connectivity index (χ1n) is 7.04. The number of benzene rings is 1. The molecule has 0 bridgehead atoms. The van der Waals surface area contributed by atoms with E-state index in [4.69, 9.17) is 5.73 Å². The zero-order chi connectivity index (χ0) is 16.3. The number of halogens is 2. The van der Waals surface area contributed by atoms with Crippen LogP contribution in [-0.4, -0.2) is 16.5 Å². The summed E-state index contributed by atoms with van der Waals surface area (Å²) < 4.78 is 16.5. The molecule has 118 valence electrons. The van der Waals surface area contributed by atoms with Crippen LogP contribution in [0.1, 0.15) is 29.4 Å². The van der Waals surface area contributed by atoms with E-state index in [1.54, 1.807) is 6.07 Å². The number of nitrogens with one attached hydrogen (secondary N) is 1. The van der Waals surface area contributed by atoms with Crippen molar-refractivity contribution >= 4 is 27.5 Å². The highest BCUT2D eigenvalue weighted by Gasteiger charge is 2.17. The number of nitrogens with two attached hydrogens (primary N) is 1. The maximum Gasteiger partial charge on any atom is 0.253 e. The number of anilines is 1. The highest BCUT2D eigenvalue weighted by molar-refractivity contribution is 9.10. The van der Waals surface area contributed by atoms with Crippen molar-refractivity contribution in [1.29, 1.82) is 0 Å². The van der Waals surface area contributed by atoms with E-state index in [9.17, 15) is 9.18 Å². The normalized spacial score (nSPS) is 12.2. The first kappa shape index (κ1) is 16.5. The van der Waals surface area contributed by atoms with E-state index < -0.39 is 11.7 Å². The molecule has 4 nitrogen and oxygen atoms in total. The van der Waals surface area contributed by atoms with Crippen molar-refractivity contribution in [3.05, 3.63) is 52.0 Å². The average Bonchev–Trinajstić information content (AvgIpc) is 2.80. The van der Waals surface area contributed by atoms with Gasteiger partial charge in [-0.15, -0.1) is 0 Å². The van der Waals surface area contributed by atoms with Crippen LogP contribution in [0.3, 0.4) is 0 Å². The van der Waals surface area contributed by atoms with Crippen molar-refractivity contribution in [3.8, 4) is 0 Å². The fourth-order valence-corrected chi connectivity index (χ4v) is 2.83. The fraction of sp³-hybridized carbons (Fsp3) is 0.312. The van der Waals surface area contributed by atoms with E-state index in [0.717, 1.165) is 12.8 Å². The number of nitrogens with zero attached hydrogens (tertiary/aromatic N) is 1. The SMILES string of the molecule is CC(CCc1cccn1C)Nc1cc(Br)cc(F)c1C(N)=O. The lowest BCUT2D eigenvalue weighted by atomic mass is 10.1. The minimum absolute atomic E-state index is 0.0710. The zero-order valence-corrected chi connectivity index (χ0v) is 14.2. The van der Waals surface area contributed by atoms with Gasteiger partial charge in [-0.05, 0) is 44.0 Å². The molecule has 0 spiro atoms. The Morgan fingerprint density at radius 1 is 1.50 bits per heavy atom. The molecule has 2 rings (SSSR count). The van der Waals surface area contributed by atoms with Crippen LogP contribution in [0.4, 0.5) is 10.1 Å². The minimum atomic E-state index is -0.776. The molecule has 0 aliphatic heterocycles. The Labute approximate surface area is 137 Å². The van der Waals surface area contributed by atoms with Gasteiger partial charge in [0.25, 0.3) is 5.91 Å². The molecule has 22 heavy (non-hydrogen) atoms. The highest BCUT2D eigenvalue weighted by atomic mass is 79.9. The largest absolute Gasteiger partial charge is 0.382 e. The van der Waals surface area contributed by atoms with Crippen molar-refractivity contribution in [2.24, 2.45) is 12.8 Å². The van der Waals surface area contributed by atoms with Crippen LogP contribution >= 0.6 is 15.9 Å². The van der Waals surface area contributed by atoms with Gasteiger partial charge in [0, 0.05) is 29.5 Å². The molecule has 1 aromatic heterocycles. The molecule has 1 heterocycles. The molecule has 1 aromatic carbocycles. The Balaban J connectivity index is 2.09. The predicted molar refractivity (Wildman–Crippen MR) is 89.4 cm³/mol. The van der Waals surface area contributed by atoms with Crippen LogP contribution in [0.5, 0.6) is 0 Å². The second-order valence-electron chi connectivity index (χ2n) is 5.37. The van der Waals surface area contributed by atoms with Gasteiger partial charge in [-0.25, -0.2) is 4.39 Å². The van der Waals surface area contributed by atoms with Gasteiger partial charge in [0.1, 0.15) is 5.82 Å². The summed E-state index contributed by atoms with van der Waals surface area (Å²) >= 11 is 3.23. The number of carbonyl (C=O) groups is 1. The molecule has 0 radical (unpaired) electrons. The second kappa shape index (κ2) is 6.96. The molecule has 0 fully saturated rings. The highest BCUT2D eigenvalue weighted by Crippen LogP contribution is 2.25. The molecule has 0 saturated carbocycles. The van der Waals surface area contributed by atoms with Gasteiger partial charge in [0.2, 0.25) is 0 Å². The number of amides is 1. The number of carbonyl (C=O) groups excluding carboxylic acids is 1. The third-order valence-corrected chi connectivity index (χ3v) is 4.05. The molecule has 0 saturated heterocycles. The summed E-state index contributed by atoms with van der Waals surface area (Å²) in [6.07, 6.45) is 3.74. The van der Waals surface area contributed by atoms with Crippen LogP contribution in [0.2, 0.25) is 0 Å². The number of primary amides is 1. The molecule has 1 atom stereocenters. The maximum atomic E-state index is 13.9. The topological polar surface area (TPSA) is 60.1 Å². The van der Waals surface area contributed by atoms with Crippen molar-refractivity contribution in [2.45, 2.75) is 25.8 Å². The van der Waals surface area contributed by atoms with E-state index in [2.05, 4.69) is 31.9 Å². The van der Waals surface area contributed by atoms with E-state index in [1.807, 2.05) is 26.2 Å². The van der Waals surface area contributed by atoms with Crippen molar-refractivity contribution < 1.29 is 9.18 Å². The number of hydrogen-bond acceptors (Lipinski definition) is 2. The van der Waals surface area contributed by atoms with Crippen LogP contribution < -0.4 is 11.1 Å².